The van der Waals surface area contributed by atoms with E-state index in [0.717, 1.165) is 5.56 Å². The SMILES string of the molecule is CC(C)c1ccc(C(=O)C(F)(F)C(F)F)c(C(C)C)c1. The molecule has 1 nitrogen and oxygen atoms in total. The van der Waals surface area contributed by atoms with Crippen LogP contribution in [0.1, 0.15) is 61.0 Å². The highest BCUT2D eigenvalue weighted by Gasteiger charge is 2.49. The van der Waals surface area contributed by atoms with Gasteiger partial charge in [0.15, 0.2) is 0 Å². The number of hydrogen-bond acceptors (Lipinski definition) is 1. The van der Waals surface area contributed by atoms with Gasteiger partial charge in [-0.25, -0.2) is 8.78 Å². The predicted octanol–water partition coefficient (Wildman–Crippen LogP) is 5.02. The third-order valence-electron chi connectivity index (χ3n) is 3.19. The van der Waals surface area contributed by atoms with Gasteiger partial charge in [-0.15, -0.1) is 0 Å². The number of carbonyl (C=O) groups excluding carboxylic acids is 1. The highest BCUT2D eigenvalue weighted by molar-refractivity contribution is 6.03. The lowest BCUT2D eigenvalue weighted by atomic mass is 9.88. The number of halogens is 4. The second kappa shape index (κ2) is 5.94. The largest absolute Gasteiger partial charge is 0.368 e. The average molecular weight is 290 g/mol. The fourth-order valence-corrected chi connectivity index (χ4v) is 1.90. The zero-order valence-electron chi connectivity index (χ0n) is 11.9. The maximum Gasteiger partial charge on any atom is 0.368 e. The van der Waals surface area contributed by atoms with Crippen molar-refractivity contribution in [1.82, 2.24) is 0 Å². The Bertz CT molecular complexity index is 493. The van der Waals surface area contributed by atoms with E-state index >= 15 is 0 Å². The molecule has 0 unspecified atom stereocenters. The zero-order chi connectivity index (χ0) is 15.7. The van der Waals surface area contributed by atoms with E-state index in [1.165, 1.54) is 12.1 Å². The van der Waals surface area contributed by atoms with Gasteiger partial charge in [-0.1, -0.05) is 45.9 Å². The Morgan fingerprint density at radius 2 is 1.60 bits per heavy atom. The van der Waals surface area contributed by atoms with E-state index in [9.17, 15) is 22.4 Å². The summed E-state index contributed by atoms with van der Waals surface area (Å²) < 4.78 is 51.1. The van der Waals surface area contributed by atoms with Crippen molar-refractivity contribution in [1.29, 1.82) is 0 Å². The van der Waals surface area contributed by atoms with Crippen LogP contribution in [0, 0.1) is 0 Å². The van der Waals surface area contributed by atoms with Crippen molar-refractivity contribution in [3.05, 3.63) is 34.9 Å². The van der Waals surface area contributed by atoms with Gasteiger partial charge in [0.2, 0.25) is 5.78 Å². The molecule has 0 aromatic heterocycles. The molecule has 0 saturated heterocycles. The van der Waals surface area contributed by atoms with Crippen molar-refractivity contribution in [2.24, 2.45) is 0 Å². The van der Waals surface area contributed by atoms with Crippen LogP contribution in [0.25, 0.3) is 0 Å². The number of alkyl halides is 4. The second-order valence-electron chi connectivity index (χ2n) is 5.41. The molecule has 0 spiro atoms. The number of rotatable bonds is 5. The van der Waals surface area contributed by atoms with E-state index in [2.05, 4.69) is 0 Å². The van der Waals surface area contributed by atoms with Crippen LogP contribution in [0.4, 0.5) is 17.6 Å². The van der Waals surface area contributed by atoms with Crippen molar-refractivity contribution in [2.45, 2.75) is 51.9 Å². The molecule has 0 aliphatic rings. The highest BCUT2D eigenvalue weighted by atomic mass is 19.3. The lowest BCUT2D eigenvalue weighted by Crippen LogP contribution is -2.37. The van der Waals surface area contributed by atoms with E-state index in [0.29, 0.717) is 5.56 Å². The summed E-state index contributed by atoms with van der Waals surface area (Å²) in [4.78, 5) is 11.7. The van der Waals surface area contributed by atoms with E-state index < -0.39 is 18.1 Å². The van der Waals surface area contributed by atoms with Crippen LogP contribution in [0.3, 0.4) is 0 Å². The first-order valence-electron chi connectivity index (χ1n) is 6.43. The molecule has 112 valence electrons. The van der Waals surface area contributed by atoms with E-state index in [-0.39, 0.29) is 17.4 Å². The van der Waals surface area contributed by atoms with Crippen LogP contribution in [0.2, 0.25) is 0 Å². The van der Waals surface area contributed by atoms with E-state index in [4.69, 9.17) is 0 Å². The average Bonchev–Trinajstić information content (AvgIpc) is 2.36. The third kappa shape index (κ3) is 3.19. The van der Waals surface area contributed by atoms with Crippen molar-refractivity contribution >= 4 is 5.78 Å². The molecule has 0 amide bonds. The van der Waals surface area contributed by atoms with E-state index in [1.807, 2.05) is 13.8 Å². The van der Waals surface area contributed by atoms with Gasteiger partial charge < -0.3 is 0 Å². The Balaban J connectivity index is 3.35. The summed E-state index contributed by atoms with van der Waals surface area (Å²) in [7, 11) is 0. The third-order valence-corrected chi connectivity index (χ3v) is 3.19. The first kappa shape index (κ1) is 16.7. The molecule has 0 bridgehead atoms. The minimum Gasteiger partial charge on any atom is -0.287 e. The number of ketones is 1. The standard InChI is InChI=1S/C15H18F4O/c1-8(2)10-5-6-11(12(7-10)9(3)4)13(20)15(18,19)14(16)17/h5-9,14H,1-4H3. The smallest absolute Gasteiger partial charge is 0.287 e. The predicted molar refractivity (Wildman–Crippen MR) is 69.9 cm³/mol. The molecule has 0 N–H and O–H groups in total. The van der Waals surface area contributed by atoms with Crippen LogP contribution in [0.5, 0.6) is 0 Å². The number of benzene rings is 1. The summed E-state index contributed by atoms with van der Waals surface area (Å²) in [6, 6.07) is 4.40. The Morgan fingerprint density at radius 1 is 1.05 bits per heavy atom. The summed E-state index contributed by atoms with van der Waals surface area (Å²) in [5.74, 6) is -6.51. The fourth-order valence-electron chi connectivity index (χ4n) is 1.90. The normalized spacial score (nSPS) is 12.6. The van der Waals surface area contributed by atoms with Crippen molar-refractivity contribution in [2.75, 3.05) is 0 Å². The van der Waals surface area contributed by atoms with Crippen molar-refractivity contribution in [3.8, 4) is 0 Å². The first-order valence-corrected chi connectivity index (χ1v) is 6.43. The van der Waals surface area contributed by atoms with Gasteiger partial charge in [-0.2, -0.15) is 8.78 Å². The molecule has 1 rings (SSSR count). The lowest BCUT2D eigenvalue weighted by molar-refractivity contribution is -0.0958. The number of Topliss-reactive ketones (excluding diaryl/α,β-unsaturated/α-hetero) is 1. The molecule has 0 heterocycles. The molecule has 0 fully saturated rings. The summed E-state index contributed by atoms with van der Waals surface area (Å²) in [6.45, 7) is 7.32. The maximum atomic E-state index is 13.2. The summed E-state index contributed by atoms with van der Waals surface area (Å²) in [5.41, 5.74) is 0.932. The van der Waals surface area contributed by atoms with Crippen LogP contribution >= 0.6 is 0 Å². The molecule has 0 aliphatic carbocycles. The van der Waals surface area contributed by atoms with Gasteiger partial charge in [-0.3, -0.25) is 4.79 Å². The van der Waals surface area contributed by atoms with Gasteiger partial charge >= 0.3 is 12.3 Å². The fraction of sp³-hybridized carbons (Fsp3) is 0.533. The minimum absolute atomic E-state index is 0.160. The lowest BCUT2D eigenvalue weighted by Gasteiger charge is -2.19. The van der Waals surface area contributed by atoms with Gasteiger partial charge in [0.25, 0.3) is 0 Å². The maximum absolute atomic E-state index is 13.2. The minimum atomic E-state index is -4.65. The van der Waals surface area contributed by atoms with Crippen LogP contribution in [0.15, 0.2) is 18.2 Å². The van der Waals surface area contributed by atoms with Gasteiger partial charge in [0, 0.05) is 5.56 Å². The van der Waals surface area contributed by atoms with Crippen molar-refractivity contribution in [3.63, 3.8) is 0 Å². The highest BCUT2D eigenvalue weighted by Crippen LogP contribution is 2.32. The Morgan fingerprint density at radius 3 is 2.00 bits per heavy atom. The number of hydrogen-bond donors (Lipinski definition) is 0. The molecule has 0 saturated carbocycles. The molecular formula is C15H18F4O. The molecule has 0 atom stereocenters. The quantitative estimate of drug-likeness (QED) is 0.550. The summed E-state index contributed by atoms with van der Waals surface area (Å²) >= 11 is 0. The molecular weight excluding hydrogens is 272 g/mol. The Labute approximate surface area is 116 Å². The van der Waals surface area contributed by atoms with Gasteiger partial charge in [0.1, 0.15) is 0 Å². The monoisotopic (exact) mass is 290 g/mol. The van der Waals surface area contributed by atoms with Gasteiger partial charge in [-0.05, 0) is 23.0 Å². The molecule has 5 heteroatoms. The van der Waals surface area contributed by atoms with Crippen LogP contribution in [-0.2, 0) is 0 Å². The number of carbonyl (C=O) groups is 1. The summed E-state index contributed by atoms with van der Waals surface area (Å²) in [5, 5.41) is 0. The van der Waals surface area contributed by atoms with Crippen LogP contribution in [-0.4, -0.2) is 18.1 Å². The molecule has 1 aromatic rings. The first-order chi connectivity index (χ1) is 9.09. The molecule has 0 aliphatic heterocycles. The van der Waals surface area contributed by atoms with Gasteiger partial charge in [0.05, 0.1) is 0 Å². The zero-order valence-corrected chi connectivity index (χ0v) is 11.9. The molecule has 20 heavy (non-hydrogen) atoms. The molecule has 0 radical (unpaired) electrons. The summed E-state index contributed by atoms with van der Waals surface area (Å²) in [6.07, 6.45) is -4.00. The second-order valence-corrected chi connectivity index (χ2v) is 5.41. The van der Waals surface area contributed by atoms with Crippen molar-refractivity contribution < 1.29 is 22.4 Å². The van der Waals surface area contributed by atoms with Crippen LogP contribution < -0.4 is 0 Å². The Hall–Kier alpha value is -1.39. The Kier molecular flexibility index (Phi) is 4.95. The molecule has 1 aromatic carbocycles. The topological polar surface area (TPSA) is 17.1 Å². The van der Waals surface area contributed by atoms with E-state index in [1.54, 1.807) is 19.9 Å².